The number of aryl methyl sites for hydroxylation is 1. The number of carbonyl (C=O) groups excluding carboxylic acids is 1. The summed E-state index contributed by atoms with van der Waals surface area (Å²) in [5.41, 5.74) is 6.76. The van der Waals surface area contributed by atoms with Crippen LogP contribution in [0.5, 0.6) is 17.2 Å². The molecule has 0 radical (unpaired) electrons. The van der Waals surface area contributed by atoms with E-state index < -0.39 is 11.8 Å². The topological polar surface area (TPSA) is 119 Å². The molecule has 1 aromatic heterocycles. The first-order valence-electron chi connectivity index (χ1n) is 7.28. The summed E-state index contributed by atoms with van der Waals surface area (Å²) in [4.78, 5) is 23.8. The van der Waals surface area contributed by atoms with Crippen LogP contribution in [0.4, 0.5) is 0 Å². The Bertz CT molecular complexity index is 793. The van der Waals surface area contributed by atoms with Crippen molar-refractivity contribution in [1.29, 1.82) is 0 Å². The molecule has 0 aliphatic heterocycles. The van der Waals surface area contributed by atoms with E-state index >= 15 is 0 Å². The highest BCUT2D eigenvalue weighted by atomic mass is 16.5. The van der Waals surface area contributed by atoms with Crippen molar-refractivity contribution in [1.82, 2.24) is 10.2 Å². The third-order valence-electron chi connectivity index (χ3n) is 3.88. The molecule has 2 rings (SSSR count). The quantitative estimate of drug-likeness (QED) is 0.698. The van der Waals surface area contributed by atoms with Gasteiger partial charge in [0.2, 0.25) is 11.7 Å². The predicted molar refractivity (Wildman–Crippen MR) is 87.9 cm³/mol. The zero-order valence-electron chi connectivity index (χ0n) is 14.1. The van der Waals surface area contributed by atoms with Crippen LogP contribution in [0.1, 0.15) is 29.2 Å². The number of carbonyl (C=O) groups is 1. The lowest BCUT2D eigenvalue weighted by molar-refractivity contribution is -0.118. The molecule has 8 nitrogen and oxygen atoms in total. The van der Waals surface area contributed by atoms with Crippen LogP contribution in [-0.2, 0) is 4.79 Å². The SMILES string of the molecule is COc1ccc([C@H](CC(N)=O)c2c(C)[nH][nH]c2=O)c(OC)c1OC. The lowest BCUT2D eigenvalue weighted by atomic mass is 9.87. The number of hydrogen-bond donors (Lipinski definition) is 3. The monoisotopic (exact) mass is 335 g/mol. The van der Waals surface area contributed by atoms with E-state index in [-0.39, 0.29) is 12.0 Å². The first-order chi connectivity index (χ1) is 11.4. The van der Waals surface area contributed by atoms with Crippen molar-refractivity contribution in [3.8, 4) is 17.2 Å². The van der Waals surface area contributed by atoms with Crippen molar-refractivity contribution in [3.63, 3.8) is 0 Å². The van der Waals surface area contributed by atoms with E-state index in [1.807, 2.05) is 0 Å². The number of ether oxygens (including phenoxy) is 3. The van der Waals surface area contributed by atoms with E-state index in [0.29, 0.717) is 34.1 Å². The van der Waals surface area contributed by atoms with Crippen LogP contribution in [0.15, 0.2) is 16.9 Å². The Hall–Kier alpha value is -2.90. The van der Waals surface area contributed by atoms with Crippen molar-refractivity contribution in [2.45, 2.75) is 19.3 Å². The number of benzene rings is 1. The Labute approximate surface area is 138 Å². The minimum Gasteiger partial charge on any atom is -0.493 e. The first-order valence-corrected chi connectivity index (χ1v) is 7.28. The molecule has 0 fully saturated rings. The molecule has 1 atom stereocenters. The molecule has 8 heteroatoms. The summed E-state index contributed by atoms with van der Waals surface area (Å²) < 4.78 is 16.1. The summed E-state index contributed by atoms with van der Waals surface area (Å²) >= 11 is 0. The average molecular weight is 335 g/mol. The maximum absolute atomic E-state index is 12.2. The second kappa shape index (κ2) is 7.12. The maximum Gasteiger partial charge on any atom is 0.267 e. The Morgan fingerprint density at radius 2 is 1.79 bits per heavy atom. The number of primary amides is 1. The molecule has 1 amide bonds. The molecule has 0 spiro atoms. The molecule has 0 bridgehead atoms. The number of hydrogen-bond acceptors (Lipinski definition) is 5. The van der Waals surface area contributed by atoms with Gasteiger partial charge in [0, 0.05) is 29.2 Å². The number of nitrogens with two attached hydrogens (primary N) is 1. The van der Waals surface area contributed by atoms with E-state index in [9.17, 15) is 9.59 Å². The van der Waals surface area contributed by atoms with Crippen LogP contribution in [0.25, 0.3) is 0 Å². The van der Waals surface area contributed by atoms with Gasteiger partial charge in [0.25, 0.3) is 5.56 Å². The number of aromatic nitrogens is 2. The highest BCUT2D eigenvalue weighted by molar-refractivity contribution is 5.76. The third-order valence-corrected chi connectivity index (χ3v) is 3.88. The van der Waals surface area contributed by atoms with Gasteiger partial charge in [0.1, 0.15) is 0 Å². The maximum atomic E-state index is 12.2. The van der Waals surface area contributed by atoms with E-state index in [0.717, 1.165) is 0 Å². The fourth-order valence-electron chi connectivity index (χ4n) is 2.84. The van der Waals surface area contributed by atoms with Crippen LogP contribution >= 0.6 is 0 Å². The van der Waals surface area contributed by atoms with Crippen molar-refractivity contribution in [2.24, 2.45) is 5.73 Å². The third kappa shape index (κ3) is 3.08. The van der Waals surface area contributed by atoms with E-state index in [1.54, 1.807) is 19.1 Å². The summed E-state index contributed by atoms with van der Waals surface area (Å²) in [5, 5.41) is 5.28. The van der Waals surface area contributed by atoms with Gasteiger partial charge in [-0.15, -0.1) is 0 Å². The van der Waals surface area contributed by atoms with Gasteiger partial charge in [0.05, 0.1) is 21.3 Å². The summed E-state index contributed by atoms with van der Waals surface area (Å²) in [7, 11) is 4.48. The molecule has 1 aromatic carbocycles. The van der Waals surface area contributed by atoms with Crippen LogP contribution in [0, 0.1) is 6.92 Å². The van der Waals surface area contributed by atoms with Gasteiger partial charge in [-0.1, -0.05) is 6.07 Å². The molecular weight excluding hydrogens is 314 g/mol. The first kappa shape index (κ1) is 17.5. The van der Waals surface area contributed by atoms with E-state index in [2.05, 4.69) is 10.2 Å². The van der Waals surface area contributed by atoms with Crippen molar-refractivity contribution < 1.29 is 19.0 Å². The lowest BCUT2D eigenvalue weighted by Crippen LogP contribution is -2.21. The second-order valence-electron chi connectivity index (χ2n) is 5.26. The van der Waals surface area contributed by atoms with Crippen molar-refractivity contribution in [2.75, 3.05) is 21.3 Å². The normalized spacial score (nSPS) is 11.8. The summed E-state index contributed by atoms with van der Waals surface area (Å²) in [6.07, 6.45) is -0.0480. The number of amides is 1. The van der Waals surface area contributed by atoms with Crippen LogP contribution < -0.4 is 25.5 Å². The molecule has 4 N–H and O–H groups in total. The largest absolute Gasteiger partial charge is 0.493 e. The van der Waals surface area contributed by atoms with Gasteiger partial charge in [-0.25, -0.2) is 0 Å². The smallest absolute Gasteiger partial charge is 0.267 e. The molecule has 130 valence electrons. The number of methoxy groups -OCH3 is 3. The van der Waals surface area contributed by atoms with Crippen LogP contribution in [0.3, 0.4) is 0 Å². The zero-order chi connectivity index (χ0) is 17.9. The molecule has 24 heavy (non-hydrogen) atoms. The zero-order valence-corrected chi connectivity index (χ0v) is 14.1. The van der Waals surface area contributed by atoms with E-state index in [1.165, 1.54) is 21.3 Å². The number of aromatic amines is 2. The average Bonchev–Trinajstić information content (AvgIpc) is 2.89. The predicted octanol–water partition coefficient (Wildman–Crippen LogP) is 1.04. The fourth-order valence-corrected chi connectivity index (χ4v) is 2.84. The fraction of sp³-hybridized carbons (Fsp3) is 0.375. The highest BCUT2D eigenvalue weighted by Gasteiger charge is 2.28. The molecule has 1 heterocycles. The Morgan fingerprint density at radius 3 is 2.25 bits per heavy atom. The minimum absolute atomic E-state index is 0.0480. The van der Waals surface area contributed by atoms with Gasteiger partial charge in [-0.2, -0.15) is 0 Å². The molecular formula is C16H21N3O5. The number of nitrogens with one attached hydrogen (secondary N) is 2. The summed E-state index contributed by atoms with van der Waals surface area (Å²) in [5.74, 6) is 0.152. The molecule has 0 saturated heterocycles. The summed E-state index contributed by atoms with van der Waals surface area (Å²) in [6.45, 7) is 1.74. The minimum atomic E-state index is -0.577. The molecule has 0 saturated carbocycles. The Kier molecular flexibility index (Phi) is 5.18. The molecule has 0 aliphatic carbocycles. The van der Waals surface area contributed by atoms with Gasteiger partial charge in [0.15, 0.2) is 11.5 Å². The molecule has 2 aromatic rings. The van der Waals surface area contributed by atoms with Crippen LogP contribution in [-0.4, -0.2) is 37.4 Å². The van der Waals surface area contributed by atoms with Gasteiger partial charge < -0.3 is 25.0 Å². The number of rotatable bonds is 7. The number of H-pyrrole nitrogens is 2. The van der Waals surface area contributed by atoms with E-state index in [4.69, 9.17) is 19.9 Å². The standard InChI is InChI=1S/C16H21N3O5/c1-8-13(16(21)19-18-8)10(7-12(17)20)9-5-6-11(22-2)15(24-4)14(9)23-3/h5-6,10H,7H2,1-4H3,(H2,17,20)(H2,18,19,21)/t10-/m0/s1. The van der Waals surface area contributed by atoms with Crippen molar-refractivity contribution >= 4 is 5.91 Å². The highest BCUT2D eigenvalue weighted by Crippen LogP contribution is 2.44. The summed E-state index contributed by atoms with van der Waals surface area (Å²) in [6, 6.07) is 3.43. The molecule has 0 aliphatic rings. The lowest BCUT2D eigenvalue weighted by Gasteiger charge is -2.21. The Morgan fingerprint density at radius 1 is 1.12 bits per heavy atom. The second-order valence-corrected chi connectivity index (χ2v) is 5.26. The van der Waals surface area contributed by atoms with Gasteiger partial charge in [-0.05, 0) is 13.0 Å². The van der Waals surface area contributed by atoms with Crippen molar-refractivity contribution in [3.05, 3.63) is 39.3 Å². The Balaban J connectivity index is 2.71. The van der Waals surface area contributed by atoms with Gasteiger partial charge >= 0.3 is 0 Å². The molecule has 0 unspecified atom stereocenters. The van der Waals surface area contributed by atoms with Gasteiger partial charge in [-0.3, -0.25) is 14.7 Å². The van der Waals surface area contributed by atoms with Crippen LogP contribution in [0.2, 0.25) is 0 Å².